The standard InChI is InChI=1S/C16H16N6O/c1-10(2)22-12-7-5-4-6-11(12)21-9-17-13(14(21)16(22)23)15-18-8-20(3)19-15/h4-10H,1-3H3. The summed E-state index contributed by atoms with van der Waals surface area (Å²) in [6.45, 7) is 4.00. The Morgan fingerprint density at radius 1 is 1.04 bits per heavy atom. The van der Waals surface area contributed by atoms with Crippen LogP contribution in [0.2, 0.25) is 0 Å². The molecule has 0 aliphatic rings. The van der Waals surface area contributed by atoms with Crippen molar-refractivity contribution in [1.29, 1.82) is 0 Å². The van der Waals surface area contributed by atoms with Gasteiger partial charge in [-0.05, 0) is 26.0 Å². The summed E-state index contributed by atoms with van der Waals surface area (Å²) in [7, 11) is 1.79. The Balaban J connectivity index is 2.20. The maximum Gasteiger partial charge on any atom is 0.278 e. The molecular formula is C16H16N6O. The number of aromatic nitrogens is 6. The van der Waals surface area contributed by atoms with Gasteiger partial charge in [-0.25, -0.2) is 9.97 Å². The molecule has 0 aliphatic carbocycles. The van der Waals surface area contributed by atoms with Crippen LogP contribution in [-0.4, -0.2) is 28.7 Å². The first-order valence-electron chi connectivity index (χ1n) is 7.44. The molecule has 3 heterocycles. The van der Waals surface area contributed by atoms with Crippen LogP contribution >= 0.6 is 0 Å². The molecular weight excluding hydrogens is 292 g/mol. The normalized spacial score (nSPS) is 11.8. The molecule has 4 aromatic rings. The Morgan fingerprint density at radius 2 is 1.78 bits per heavy atom. The van der Waals surface area contributed by atoms with E-state index in [-0.39, 0.29) is 11.6 Å². The van der Waals surface area contributed by atoms with Crippen LogP contribution in [0, 0.1) is 0 Å². The van der Waals surface area contributed by atoms with Crippen LogP contribution in [-0.2, 0) is 7.05 Å². The van der Waals surface area contributed by atoms with Gasteiger partial charge in [0, 0.05) is 13.1 Å². The molecule has 7 heteroatoms. The van der Waals surface area contributed by atoms with Gasteiger partial charge in [-0.2, -0.15) is 0 Å². The number of hydrogen-bond donors (Lipinski definition) is 0. The van der Waals surface area contributed by atoms with Crippen LogP contribution in [0.1, 0.15) is 19.9 Å². The van der Waals surface area contributed by atoms with Crippen molar-refractivity contribution in [1.82, 2.24) is 28.7 Å². The van der Waals surface area contributed by atoms with Gasteiger partial charge >= 0.3 is 0 Å². The second-order valence-electron chi connectivity index (χ2n) is 5.81. The maximum atomic E-state index is 13.1. The molecule has 0 aliphatic heterocycles. The molecule has 0 fully saturated rings. The molecule has 0 bridgehead atoms. The van der Waals surface area contributed by atoms with Crippen LogP contribution in [0.3, 0.4) is 0 Å². The Morgan fingerprint density at radius 3 is 2.43 bits per heavy atom. The van der Waals surface area contributed by atoms with Gasteiger partial charge in [-0.1, -0.05) is 12.1 Å². The van der Waals surface area contributed by atoms with Gasteiger partial charge in [0.2, 0.25) is 5.82 Å². The van der Waals surface area contributed by atoms with Crippen LogP contribution < -0.4 is 5.56 Å². The average Bonchev–Trinajstić information content (AvgIpc) is 3.13. The van der Waals surface area contributed by atoms with Crippen LogP contribution in [0.5, 0.6) is 0 Å². The number of rotatable bonds is 2. The van der Waals surface area contributed by atoms with Crippen molar-refractivity contribution in [2.75, 3.05) is 0 Å². The molecule has 0 atom stereocenters. The minimum Gasteiger partial charge on any atom is -0.302 e. The third-order valence-electron chi connectivity index (χ3n) is 3.92. The number of benzene rings is 1. The fraction of sp³-hybridized carbons (Fsp3) is 0.250. The van der Waals surface area contributed by atoms with Crippen LogP contribution in [0.15, 0.2) is 41.7 Å². The number of imidazole rings is 1. The molecule has 0 saturated heterocycles. The van der Waals surface area contributed by atoms with Crippen molar-refractivity contribution in [3.63, 3.8) is 0 Å². The van der Waals surface area contributed by atoms with Crippen molar-refractivity contribution in [3.05, 3.63) is 47.3 Å². The number of aryl methyl sites for hydroxylation is 1. The molecule has 0 unspecified atom stereocenters. The molecule has 0 radical (unpaired) electrons. The zero-order chi connectivity index (χ0) is 16.1. The summed E-state index contributed by atoms with van der Waals surface area (Å²) in [5, 5.41) is 4.28. The first-order chi connectivity index (χ1) is 11.1. The second kappa shape index (κ2) is 4.77. The van der Waals surface area contributed by atoms with E-state index in [2.05, 4.69) is 15.1 Å². The van der Waals surface area contributed by atoms with E-state index in [1.165, 1.54) is 0 Å². The Hall–Kier alpha value is -2.96. The van der Waals surface area contributed by atoms with Crippen molar-refractivity contribution in [3.8, 4) is 11.5 Å². The molecule has 0 saturated carbocycles. The molecule has 116 valence electrons. The van der Waals surface area contributed by atoms with E-state index in [1.54, 1.807) is 29.0 Å². The summed E-state index contributed by atoms with van der Waals surface area (Å²) < 4.78 is 5.21. The van der Waals surface area contributed by atoms with Crippen LogP contribution in [0.25, 0.3) is 28.1 Å². The summed E-state index contributed by atoms with van der Waals surface area (Å²) in [6, 6.07) is 7.87. The van der Waals surface area contributed by atoms with Crippen LogP contribution in [0.4, 0.5) is 0 Å². The topological polar surface area (TPSA) is 70.0 Å². The fourth-order valence-electron chi connectivity index (χ4n) is 2.95. The lowest BCUT2D eigenvalue weighted by molar-refractivity contribution is 0.601. The van der Waals surface area contributed by atoms with E-state index in [0.29, 0.717) is 17.0 Å². The first kappa shape index (κ1) is 13.7. The van der Waals surface area contributed by atoms with E-state index in [1.807, 2.05) is 42.5 Å². The van der Waals surface area contributed by atoms with Gasteiger partial charge in [-0.3, -0.25) is 13.9 Å². The smallest absolute Gasteiger partial charge is 0.278 e. The summed E-state index contributed by atoms with van der Waals surface area (Å²) in [6.07, 6.45) is 3.26. The highest BCUT2D eigenvalue weighted by atomic mass is 16.1. The average molecular weight is 308 g/mol. The molecule has 4 rings (SSSR count). The van der Waals surface area contributed by atoms with Crippen molar-refractivity contribution in [2.45, 2.75) is 19.9 Å². The Kier molecular flexibility index (Phi) is 2.84. The van der Waals surface area contributed by atoms with Gasteiger partial charge < -0.3 is 4.57 Å². The SMILES string of the molecule is CC(C)n1c(=O)c2c(-c3ncn(C)n3)ncn2c2ccccc21. The monoisotopic (exact) mass is 308 g/mol. The highest BCUT2D eigenvalue weighted by molar-refractivity contribution is 5.83. The number of fused-ring (bicyclic) bond motifs is 3. The lowest BCUT2D eigenvalue weighted by atomic mass is 10.2. The number of para-hydroxylation sites is 2. The summed E-state index contributed by atoms with van der Waals surface area (Å²) >= 11 is 0. The minimum atomic E-state index is -0.0846. The van der Waals surface area contributed by atoms with Gasteiger partial charge in [0.1, 0.15) is 23.9 Å². The summed E-state index contributed by atoms with van der Waals surface area (Å²) in [5.74, 6) is 0.456. The van der Waals surface area contributed by atoms with Gasteiger partial charge in [0.25, 0.3) is 5.56 Å². The summed E-state index contributed by atoms with van der Waals surface area (Å²) in [5.41, 5.74) is 2.75. The maximum absolute atomic E-state index is 13.1. The Bertz CT molecular complexity index is 1090. The molecule has 1 aromatic carbocycles. The van der Waals surface area contributed by atoms with E-state index >= 15 is 0 Å². The zero-order valence-corrected chi connectivity index (χ0v) is 13.1. The highest BCUT2D eigenvalue weighted by Gasteiger charge is 2.19. The largest absolute Gasteiger partial charge is 0.302 e. The van der Waals surface area contributed by atoms with Crippen molar-refractivity contribution < 1.29 is 0 Å². The summed E-state index contributed by atoms with van der Waals surface area (Å²) in [4.78, 5) is 21.7. The van der Waals surface area contributed by atoms with E-state index in [4.69, 9.17) is 0 Å². The van der Waals surface area contributed by atoms with Gasteiger partial charge in [0.15, 0.2) is 0 Å². The van der Waals surface area contributed by atoms with Crippen molar-refractivity contribution in [2.24, 2.45) is 7.05 Å². The molecule has 0 spiro atoms. The van der Waals surface area contributed by atoms with E-state index in [9.17, 15) is 4.79 Å². The molecule has 3 aromatic heterocycles. The predicted octanol–water partition coefficient (Wildman–Crippen LogP) is 2.03. The third-order valence-corrected chi connectivity index (χ3v) is 3.92. The number of hydrogen-bond acceptors (Lipinski definition) is 4. The molecule has 0 N–H and O–H groups in total. The zero-order valence-electron chi connectivity index (χ0n) is 13.1. The lowest BCUT2D eigenvalue weighted by Crippen LogP contribution is -2.24. The third kappa shape index (κ3) is 1.89. The van der Waals surface area contributed by atoms with E-state index in [0.717, 1.165) is 11.0 Å². The molecule has 23 heavy (non-hydrogen) atoms. The molecule has 7 nitrogen and oxygen atoms in total. The predicted molar refractivity (Wildman–Crippen MR) is 87.3 cm³/mol. The molecule has 0 amide bonds. The second-order valence-corrected chi connectivity index (χ2v) is 5.81. The highest BCUT2D eigenvalue weighted by Crippen LogP contribution is 2.23. The Labute approximate surface area is 131 Å². The lowest BCUT2D eigenvalue weighted by Gasteiger charge is -2.15. The van der Waals surface area contributed by atoms with Gasteiger partial charge in [0.05, 0.1) is 11.0 Å². The quantitative estimate of drug-likeness (QED) is 0.568. The number of nitrogens with zero attached hydrogens (tertiary/aromatic N) is 6. The van der Waals surface area contributed by atoms with Crippen molar-refractivity contribution >= 4 is 16.6 Å². The fourth-order valence-corrected chi connectivity index (χ4v) is 2.95. The first-order valence-corrected chi connectivity index (χ1v) is 7.44. The van der Waals surface area contributed by atoms with Gasteiger partial charge in [-0.15, -0.1) is 5.10 Å². The minimum absolute atomic E-state index is 0.0387. The van der Waals surface area contributed by atoms with E-state index < -0.39 is 0 Å².